The van der Waals surface area contributed by atoms with E-state index in [9.17, 15) is 9.90 Å². The molecule has 1 aromatic carbocycles. The van der Waals surface area contributed by atoms with Crippen molar-refractivity contribution in [2.75, 3.05) is 6.54 Å². The summed E-state index contributed by atoms with van der Waals surface area (Å²) in [7, 11) is 0. The molecule has 1 amide bonds. The van der Waals surface area contributed by atoms with Crippen molar-refractivity contribution >= 4 is 6.09 Å². The molecule has 1 aromatic rings. The number of rotatable bonds is 2. The van der Waals surface area contributed by atoms with Gasteiger partial charge >= 0.3 is 6.09 Å². The molecular weight excluding hydrogens is 242 g/mol. The third-order valence-electron chi connectivity index (χ3n) is 3.60. The molecule has 2 atom stereocenters. The van der Waals surface area contributed by atoms with Gasteiger partial charge in [0.25, 0.3) is 0 Å². The number of hydrogen-bond acceptors (Lipinski definition) is 3. The first-order valence-corrected chi connectivity index (χ1v) is 6.68. The third kappa shape index (κ3) is 3.70. The van der Waals surface area contributed by atoms with Crippen LogP contribution in [0.1, 0.15) is 32.3 Å². The van der Waals surface area contributed by atoms with Crippen molar-refractivity contribution in [3.05, 3.63) is 35.9 Å². The lowest BCUT2D eigenvalue weighted by Crippen LogP contribution is -2.50. The van der Waals surface area contributed by atoms with Crippen LogP contribution in [0.2, 0.25) is 0 Å². The fourth-order valence-electron chi connectivity index (χ4n) is 2.50. The summed E-state index contributed by atoms with van der Waals surface area (Å²) in [5, 5.41) is 9.97. The zero-order chi connectivity index (χ0) is 13.9. The van der Waals surface area contributed by atoms with Crippen molar-refractivity contribution in [3.63, 3.8) is 0 Å². The van der Waals surface area contributed by atoms with Crippen LogP contribution in [0.4, 0.5) is 4.79 Å². The predicted molar refractivity (Wildman–Crippen MR) is 72.7 cm³/mol. The van der Waals surface area contributed by atoms with Crippen LogP contribution >= 0.6 is 0 Å². The number of benzene rings is 1. The number of carbonyl (C=O) groups is 1. The lowest BCUT2D eigenvalue weighted by atomic mass is 9.89. The van der Waals surface area contributed by atoms with Crippen molar-refractivity contribution in [1.82, 2.24) is 4.90 Å². The molecule has 19 heavy (non-hydrogen) atoms. The van der Waals surface area contributed by atoms with Gasteiger partial charge in [0.2, 0.25) is 0 Å². The van der Waals surface area contributed by atoms with E-state index in [1.54, 1.807) is 4.90 Å². The van der Waals surface area contributed by atoms with Crippen LogP contribution < -0.4 is 0 Å². The normalized spacial score (nSPS) is 27.1. The standard InChI is InChI=1S/C15H21NO3/c1-12-10-15(2,18)8-9-16(12)14(17)19-11-13-6-4-3-5-7-13/h3-7,12,18H,8-11H2,1-2H3. The molecule has 1 aliphatic rings. The molecular formula is C15H21NO3. The highest BCUT2D eigenvalue weighted by Gasteiger charge is 2.35. The van der Waals surface area contributed by atoms with Crippen LogP contribution in [0.3, 0.4) is 0 Å². The Bertz CT molecular complexity index is 430. The summed E-state index contributed by atoms with van der Waals surface area (Å²) in [4.78, 5) is 13.7. The topological polar surface area (TPSA) is 49.8 Å². The van der Waals surface area contributed by atoms with Crippen LogP contribution in [0.15, 0.2) is 30.3 Å². The number of carbonyl (C=O) groups excluding carboxylic acids is 1. The van der Waals surface area contributed by atoms with Crippen LogP contribution in [0.25, 0.3) is 0 Å². The quantitative estimate of drug-likeness (QED) is 0.892. The highest BCUT2D eigenvalue weighted by molar-refractivity contribution is 5.68. The Balaban J connectivity index is 1.87. The lowest BCUT2D eigenvalue weighted by Gasteiger charge is -2.40. The smallest absolute Gasteiger partial charge is 0.410 e. The van der Waals surface area contributed by atoms with E-state index >= 15 is 0 Å². The minimum Gasteiger partial charge on any atom is -0.445 e. The average molecular weight is 263 g/mol. The van der Waals surface area contributed by atoms with E-state index in [0.717, 1.165) is 5.56 Å². The number of likely N-dealkylation sites (tertiary alicyclic amines) is 1. The van der Waals surface area contributed by atoms with Crippen molar-refractivity contribution in [1.29, 1.82) is 0 Å². The minimum absolute atomic E-state index is 0.00650. The Labute approximate surface area is 114 Å². The Hall–Kier alpha value is -1.55. The molecule has 2 unspecified atom stereocenters. The van der Waals surface area contributed by atoms with Gasteiger partial charge in [0.05, 0.1) is 5.60 Å². The van der Waals surface area contributed by atoms with Gasteiger partial charge in [-0.25, -0.2) is 4.79 Å². The van der Waals surface area contributed by atoms with E-state index in [4.69, 9.17) is 4.74 Å². The molecule has 1 saturated heterocycles. The Kier molecular flexibility index (Phi) is 4.10. The summed E-state index contributed by atoms with van der Waals surface area (Å²) in [5.41, 5.74) is 0.308. The average Bonchev–Trinajstić information content (AvgIpc) is 2.36. The van der Waals surface area contributed by atoms with Gasteiger partial charge < -0.3 is 14.7 Å². The summed E-state index contributed by atoms with van der Waals surface area (Å²) in [6.07, 6.45) is 0.887. The zero-order valence-electron chi connectivity index (χ0n) is 11.5. The molecule has 1 N–H and O–H groups in total. The van der Waals surface area contributed by atoms with Crippen LogP contribution in [0, 0.1) is 0 Å². The molecule has 0 bridgehead atoms. The van der Waals surface area contributed by atoms with Crippen LogP contribution in [0.5, 0.6) is 0 Å². The molecule has 0 radical (unpaired) electrons. The molecule has 0 spiro atoms. The fourth-order valence-corrected chi connectivity index (χ4v) is 2.50. The number of piperidine rings is 1. The van der Waals surface area contributed by atoms with Gasteiger partial charge in [0.1, 0.15) is 6.61 Å². The van der Waals surface area contributed by atoms with Gasteiger partial charge in [-0.1, -0.05) is 30.3 Å². The molecule has 104 valence electrons. The van der Waals surface area contributed by atoms with Gasteiger partial charge in [-0.05, 0) is 32.3 Å². The lowest BCUT2D eigenvalue weighted by molar-refractivity contribution is -0.0279. The summed E-state index contributed by atoms with van der Waals surface area (Å²) >= 11 is 0. The molecule has 4 heteroatoms. The summed E-state index contributed by atoms with van der Waals surface area (Å²) in [6, 6.07) is 9.63. The maximum absolute atomic E-state index is 12.0. The molecule has 1 aliphatic heterocycles. The van der Waals surface area contributed by atoms with E-state index in [2.05, 4.69) is 0 Å². The maximum atomic E-state index is 12.0. The number of nitrogens with zero attached hydrogens (tertiary/aromatic N) is 1. The molecule has 1 heterocycles. The van der Waals surface area contributed by atoms with E-state index in [-0.39, 0.29) is 12.1 Å². The first-order chi connectivity index (χ1) is 8.98. The first-order valence-electron chi connectivity index (χ1n) is 6.68. The SMILES string of the molecule is CC1CC(C)(O)CCN1C(=O)OCc1ccccc1. The number of ether oxygens (including phenoxy) is 1. The third-order valence-corrected chi connectivity index (χ3v) is 3.60. The molecule has 0 aromatic heterocycles. The van der Waals surface area contributed by atoms with Gasteiger partial charge in [0.15, 0.2) is 0 Å². The summed E-state index contributed by atoms with van der Waals surface area (Å²) in [5.74, 6) is 0. The van der Waals surface area contributed by atoms with Crippen molar-refractivity contribution < 1.29 is 14.6 Å². The fraction of sp³-hybridized carbons (Fsp3) is 0.533. The van der Waals surface area contributed by atoms with Crippen molar-refractivity contribution in [3.8, 4) is 0 Å². The second-order valence-electron chi connectivity index (χ2n) is 5.53. The highest BCUT2D eigenvalue weighted by Crippen LogP contribution is 2.26. The molecule has 2 rings (SSSR count). The molecule has 0 aliphatic carbocycles. The zero-order valence-corrected chi connectivity index (χ0v) is 11.5. The van der Waals surface area contributed by atoms with Gasteiger partial charge in [-0.3, -0.25) is 0 Å². The van der Waals surface area contributed by atoms with E-state index in [0.29, 0.717) is 26.0 Å². The Morgan fingerprint density at radius 1 is 1.47 bits per heavy atom. The predicted octanol–water partition coefficient (Wildman–Crippen LogP) is 2.56. The monoisotopic (exact) mass is 263 g/mol. The summed E-state index contributed by atoms with van der Waals surface area (Å²) < 4.78 is 5.31. The van der Waals surface area contributed by atoms with Gasteiger partial charge in [-0.15, -0.1) is 0 Å². The number of aliphatic hydroxyl groups is 1. The first kappa shape index (κ1) is 13.9. The second-order valence-corrected chi connectivity index (χ2v) is 5.53. The Morgan fingerprint density at radius 3 is 2.79 bits per heavy atom. The van der Waals surface area contributed by atoms with Crippen molar-refractivity contribution in [2.24, 2.45) is 0 Å². The van der Waals surface area contributed by atoms with E-state index in [1.165, 1.54) is 0 Å². The van der Waals surface area contributed by atoms with Crippen LogP contribution in [-0.2, 0) is 11.3 Å². The van der Waals surface area contributed by atoms with Crippen LogP contribution in [-0.4, -0.2) is 34.3 Å². The maximum Gasteiger partial charge on any atom is 0.410 e. The second kappa shape index (κ2) is 5.61. The van der Waals surface area contributed by atoms with Crippen molar-refractivity contribution in [2.45, 2.75) is 44.9 Å². The number of amides is 1. The summed E-state index contributed by atoms with van der Waals surface area (Å²) in [6.45, 7) is 4.59. The van der Waals surface area contributed by atoms with E-state index < -0.39 is 5.60 Å². The van der Waals surface area contributed by atoms with Gasteiger partial charge in [-0.2, -0.15) is 0 Å². The molecule has 4 nitrogen and oxygen atoms in total. The Morgan fingerprint density at radius 2 is 2.16 bits per heavy atom. The largest absolute Gasteiger partial charge is 0.445 e. The molecule has 0 saturated carbocycles. The van der Waals surface area contributed by atoms with Gasteiger partial charge in [0, 0.05) is 12.6 Å². The minimum atomic E-state index is -0.671. The molecule has 1 fully saturated rings. The highest BCUT2D eigenvalue weighted by atomic mass is 16.6. The number of hydrogen-bond donors (Lipinski definition) is 1. The van der Waals surface area contributed by atoms with E-state index in [1.807, 2.05) is 44.2 Å².